The Morgan fingerprint density at radius 3 is 0.673 bits per heavy atom. The molecule has 0 spiro atoms. The van der Waals surface area contributed by atoms with Crippen molar-refractivity contribution < 1.29 is 0 Å². The van der Waals surface area contributed by atoms with Crippen LogP contribution in [0.2, 0.25) is 0 Å². The van der Waals surface area contributed by atoms with Gasteiger partial charge in [-0.05, 0) is 191 Å². The summed E-state index contributed by atoms with van der Waals surface area (Å²) < 4.78 is 9.62. The molecule has 18 aromatic carbocycles. The molecule has 0 N–H and O–H groups in total. The van der Waals surface area contributed by atoms with Crippen molar-refractivity contribution >= 4 is 130 Å². The molecule has 0 aliphatic heterocycles. The molecule has 4 heterocycles. The van der Waals surface area contributed by atoms with E-state index in [1.165, 1.54) is 192 Å². The Morgan fingerprint density at radius 2 is 0.337 bits per heavy atom. The van der Waals surface area contributed by atoms with Gasteiger partial charge in [-0.15, -0.1) is 0 Å². The highest BCUT2D eigenvalue weighted by molar-refractivity contribution is 6.25. The van der Waals surface area contributed by atoms with Crippen LogP contribution in [0.5, 0.6) is 0 Å². The normalized spacial score (nSPS) is 11.8. The largest absolute Gasteiger partial charge is 0.309 e. The SMILES string of the molecule is c1ccc(-n2c3ccccc3c3cc(-c4c5ccccc5c(-c5cccc(-n6c7ccccc7c7ccccc76)c5)c5ccccc45)ccc32)cc1.c1ccc(-n2c3ccccc3c3ccc(-c4c5ccccc5c(-c5ccc6c7ccccc7n(-c7ccccc7)c6c5)c5ccccc45)cc32)cc1. The maximum atomic E-state index is 2.41. The van der Waals surface area contributed by atoms with Gasteiger partial charge in [-0.3, -0.25) is 0 Å². The van der Waals surface area contributed by atoms with Crippen LogP contribution in [0, 0.1) is 0 Å². The zero-order chi connectivity index (χ0) is 68.3. The highest BCUT2D eigenvalue weighted by Crippen LogP contribution is 2.49. The van der Waals surface area contributed by atoms with Crippen molar-refractivity contribution in [2.75, 3.05) is 0 Å². The Kier molecular flexibility index (Phi) is 13.6. The lowest BCUT2D eigenvalue weighted by Crippen LogP contribution is -1.95. The van der Waals surface area contributed by atoms with E-state index in [2.05, 4.69) is 407 Å². The number of hydrogen-bond donors (Lipinski definition) is 0. The van der Waals surface area contributed by atoms with Gasteiger partial charge in [0.25, 0.3) is 0 Å². The summed E-state index contributed by atoms with van der Waals surface area (Å²) in [6.07, 6.45) is 0. The van der Waals surface area contributed by atoms with Gasteiger partial charge in [-0.1, -0.05) is 285 Å². The van der Waals surface area contributed by atoms with Gasteiger partial charge in [0.1, 0.15) is 0 Å². The van der Waals surface area contributed by atoms with E-state index in [0.717, 1.165) is 5.69 Å². The number of para-hydroxylation sites is 8. The molecule has 484 valence electrons. The van der Waals surface area contributed by atoms with Gasteiger partial charge < -0.3 is 18.3 Å². The molecule has 0 radical (unpaired) electrons. The van der Waals surface area contributed by atoms with Crippen LogP contribution in [-0.2, 0) is 0 Å². The van der Waals surface area contributed by atoms with E-state index in [1.807, 2.05) is 0 Å². The van der Waals surface area contributed by atoms with Crippen molar-refractivity contribution in [3.8, 4) is 67.3 Å². The quantitative estimate of drug-likeness (QED) is 0.135. The van der Waals surface area contributed by atoms with Crippen LogP contribution in [0.15, 0.2) is 388 Å². The number of aromatic nitrogens is 4. The summed E-state index contributed by atoms with van der Waals surface area (Å²) in [6, 6.07) is 142. The summed E-state index contributed by atoms with van der Waals surface area (Å²) >= 11 is 0. The van der Waals surface area contributed by atoms with Crippen LogP contribution in [-0.4, -0.2) is 18.3 Å². The number of hydrogen-bond acceptors (Lipinski definition) is 0. The number of fused-ring (bicyclic) bond motifs is 16. The number of rotatable bonds is 8. The van der Waals surface area contributed by atoms with Crippen LogP contribution in [0.1, 0.15) is 0 Å². The van der Waals surface area contributed by atoms with Crippen LogP contribution in [0.25, 0.3) is 198 Å². The fraction of sp³-hybridized carbons (Fsp3) is 0. The van der Waals surface area contributed by atoms with E-state index >= 15 is 0 Å². The highest BCUT2D eigenvalue weighted by Gasteiger charge is 2.24. The lowest BCUT2D eigenvalue weighted by molar-refractivity contribution is 1.18. The minimum absolute atomic E-state index is 1.16. The Hall–Kier alpha value is -13.8. The summed E-state index contributed by atoms with van der Waals surface area (Å²) in [7, 11) is 0. The zero-order valence-electron chi connectivity index (χ0n) is 56.7. The molecular formula is C100H64N4. The Bertz CT molecular complexity index is 6830. The third-order valence-corrected chi connectivity index (χ3v) is 21.8. The van der Waals surface area contributed by atoms with Gasteiger partial charge in [-0.25, -0.2) is 0 Å². The molecule has 4 heteroatoms. The van der Waals surface area contributed by atoms with E-state index in [0.29, 0.717) is 0 Å². The van der Waals surface area contributed by atoms with Crippen molar-refractivity contribution in [3.63, 3.8) is 0 Å². The molecule has 0 amide bonds. The molecule has 0 atom stereocenters. The first-order chi connectivity index (χ1) is 51.7. The Labute approximate surface area is 600 Å². The van der Waals surface area contributed by atoms with Gasteiger partial charge in [0, 0.05) is 65.8 Å². The first-order valence-corrected chi connectivity index (χ1v) is 35.9. The van der Waals surface area contributed by atoms with E-state index in [4.69, 9.17) is 0 Å². The summed E-state index contributed by atoms with van der Waals surface area (Å²) in [4.78, 5) is 0. The lowest BCUT2D eigenvalue weighted by atomic mass is 9.85. The van der Waals surface area contributed by atoms with E-state index in [1.54, 1.807) is 0 Å². The van der Waals surface area contributed by atoms with E-state index in [-0.39, 0.29) is 0 Å². The van der Waals surface area contributed by atoms with Gasteiger partial charge in [0.2, 0.25) is 0 Å². The maximum absolute atomic E-state index is 2.41. The molecule has 4 aromatic heterocycles. The summed E-state index contributed by atoms with van der Waals surface area (Å²) in [5, 5.41) is 20.1. The molecular weight excluding hydrogens is 1260 g/mol. The van der Waals surface area contributed by atoms with E-state index < -0.39 is 0 Å². The average molecular weight is 1320 g/mol. The van der Waals surface area contributed by atoms with Crippen molar-refractivity contribution in [2.24, 2.45) is 0 Å². The lowest BCUT2D eigenvalue weighted by Gasteiger charge is -2.18. The monoisotopic (exact) mass is 1320 g/mol. The fourth-order valence-electron chi connectivity index (χ4n) is 17.4. The van der Waals surface area contributed by atoms with Gasteiger partial charge in [-0.2, -0.15) is 0 Å². The third-order valence-electron chi connectivity index (χ3n) is 21.8. The molecule has 0 aliphatic carbocycles. The summed E-state index contributed by atoms with van der Waals surface area (Å²) in [5.74, 6) is 0. The Balaban J connectivity index is 0.000000134. The smallest absolute Gasteiger partial charge is 0.0547 e. The van der Waals surface area contributed by atoms with Gasteiger partial charge in [0.05, 0.1) is 44.1 Å². The second-order valence-electron chi connectivity index (χ2n) is 27.4. The predicted molar refractivity (Wildman–Crippen MR) is 442 cm³/mol. The molecule has 0 bridgehead atoms. The minimum Gasteiger partial charge on any atom is -0.309 e. The number of benzene rings is 18. The summed E-state index contributed by atoms with van der Waals surface area (Å²) in [5.41, 5.74) is 24.3. The fourth-order valence-corrected chi connectivity index (χ4v) is 17.4. The van der Waals surface area contributed by atoms with Crippen LogP contribution < -0.4 is 0 Å². The zero-order valence-corrected chi connectivity index (χ0v) is 56.7. The van der Waals surface area contributed by atoms with E-state index in [9.17, 15) is 0 Å². The first-order valence-electron chi connectivity index (χ1n) is 35.9. The van der Waals surface area contributed by atoms with Gasteiger partial charge in [0.15, 0.2) is 0 Å². The van der Waals surface area contributed by atoms with Crippen LogP contribution >= 0.6 is 0 Å². The number of nitrogens with zero attached hydrogens (tertiary/aromatic N) is 4. The summed E-state index contributed by atoms with van der Waals surface area (Å²) in [6.45, 7) is 0. The molecule has 0 unspecified atom stereocenters. The maximum Gasteiger partial charge on any atom is 0.0547 e. The van der Waals surface area contributed by atoms with Crippen molar-refractivity contribution in [1.82, 2.24) is 18.3 Å². The molecule has 104 heavy (non-hydrogen) atoms. The molecule has 0 saturated carbocycles. The van der Waals surface area contributed by atoms with Crippen LogP contribution in [0.3, 0.4) is 0 Å². The highest BCUT2D eigenvalue weighted by atomic mass is 15.0. The molecule has 4 nitrogen and oxygen atoms in total. The second kappa shape index (κ2) is 24.0. The predicted octanol–water partition coefficient (Wildman–Crippen LogP) is 27.0. The third kappa shape index (κ3) is 9.19. The topological polar surface area (TPSA) is 19.7 Å². The molecule has 0 fully saturated rings. The Morgan fingerprint density at radius 1 is 0.115 bits per heavy atom. The molecule has 0 aliphatic rings. The standard InChI is InChI=1S/2C50H32N2/c1-3-15-35(16-4-1)51-45-25-13-11-19-37(45)39-29-27-33(31-47(39)51)49-41-21-7-9-23-43(41)50(44-24-10-8-22-42(44)49)34-28-30-40-38-20-12-14-26-46(38)52(48(40)32-34)36-17-5-2-6-18-36;1-2-16-35(17-3-1)51-47-28-13-10-21-39(47)44-32-34(29-30-48(44)51)50-42-24-6-4-22-40(42)49(41-23-5-7-25-43(41)50)33-15-14-18-36(31-33)52-45-26-11-8-19-37(45)38-20-9-12-27-46(38)52/h2*1-32H. The average Bonchev–Trinajstić information content (AvgIpc) is 1.22. The molecule has 0 saturated heterocycles. The van der Waals surface area contributed by atoms with Gasteiger partial charge >= 0.3 is 0 Å². The van der Waals surface area contributed by atoms with Crippen molar-refractivity contribution in [3.05, 3.63) is 388 Å². The molecule has 22 rings (SSSR count). The van der Waals surface area contributed by atoms with Crippen molar-refractivity contribution in [2.45, 2.75) is 0 Å². The van der Waals surface area contributed by atoms with Crippen molar-refractivity contribution in [1.29, 1.82) is 0 Å². The minimum atomic E-state index is 1.16. The second-order valence-corrected chi connectivity index (χ2v) is 27.4. The van der Waals surface area contributed by atoms with Crippen LogP contribution in [0.4, 0.5) is 0 Å². The first kappa shape index (κ1) is 59.1. The molecule has 22 aromatic rings.